The Labute approximate surface area is 95.0 Å². The van der Waals surface area contributed by atoms with Crippen LogP contribution in [-0.2, 0) is 4.79 Å². The largest absolute Gasteiger partial charge is 0.354 e. The third-order valence-corrected chi connectivity index (χ3v) is 1.89. The predicted octanol–water partition coefficient (Wildman–Crippen LogP) is 2.32. The summed E-state index contributed by atoms with van der Waals surface area (Å²) in [4.78, 5) is 11.2. The van der Waals surface area contributed by atoms with Gasteiger partial charge in [0, 0.05) is 12.5 Å². The normalized spacial score (nSPS) is 11.3. The summed E-state index contributed by atoms with van der Waals surface area (Å²) in [5, 5.41) is 6.19. The first kappa shape index (κ1) is 16.8. The number of hydrogen-bond donors (Lipinski definition) is 2. The first-order valence-electron chi connectivity index (χ1n) is 6.20. The summed E-state index contributed by atoms with van der Waals surface area (Å²) in [5.41, 5.74) is 0. The van der Waals surface area contributed by atoms with Crippen LogP contribution in [-0.4, -0.2) is 25.0 Å². The van der Waals surface area contributed by atoms with Gasteiger partial charge in [-0.25, -0.2) is 0 Å². The quantitative estimate of drug-likeness (QED) is 0.641. The van der Waals surface area contributed by atoms with Crippen LogP contribution >= 0.6 is 0 Å². The van der Waals surface area contributed by atoms with E-state index in [1.54, 1.807) is 0 Å². The lowest BCUT2D eigenvalue weighted by molar-refractivity contribution is -0.121. The molecule has 0 saturated carbocycles. The van der Waals surface area contributed by atoms with Crippen molar-refractivity contribution in [2.45, 2.75) is 59.9 Å². The highest BCUT2D eigenvalue weighted by atomic mass is 16.1. The van der Waals surface area contributed by atoms with Gasteiger partial charge < -0.3 is 10.6 Å². The van der Waals surface area contributed by atoms with Crippen molar-refractivity contribution in [2.24, 2.45) is 0 Å². The van der Waals surface area contributed by atoms with Crippen molar-refractivity contribution in [3.05, 3.63) is 0 Å². The Morgan fingerprint density at radius 2 is 1.87 bits per heavy atom. The van der Waals surface area contributed by atoms with Crippen molar-refractivity contribution >= 4 is 5.91 Å². The van der Waals surface area contributed by atoms with Crippen LogP contribution in [0.1, 0.15) is 53.9 Å². The van der Waals surface area contributed by atoms with Crippen LogP contribution in [0.4, 0.5) is 0 Å². The van der Waals surface area contributed by atoms with Gasteiger partial charge in [-0.15, -0.1) is 0 Å². The van der Waals surface area contributed by atoms with E-state index >= 15 is 0 Å². The summed E-state index contributed by atoms with van der Waals surface area (Å²) in [6.07, 6.45) is 2.57. The number of rotatable bonds is 7. The lowest BCUT2D eigenvalue weighted by Crippen LogP contribution is -2.34. The number of amides is 1. The molecule has 1 amide bonds. The van der Waals surface area contributed by atoms with Gasteiger partial charge >= 0.3 is 0 Å². The van der Waals surface area contributed by atoms with E-state index in [-0.39, 0.29) is 11.9 Å². The topological polar surface area (TPSA) is 41.1 Å². The minimum absolute atomic E-state index is 0.173. The van der Waals surface area contributed by atoms with Crippen LogP contribution < -0.4 is 10.6 Å². The van der Waals surface area contributed by atoms with E-state index in [0.29, 0.717) is 6.42 Å². The average molecular weight is 216 g/mol. The summed E-state index contributed by atoms with van der Waals surface area (Å²) < 4.78 is 0. The summed E-state index contributed by atoms with van der Waals surface area (Å²) in [6, 6.07) is 0.290. The first-order chi connectivity index (χ1) is 7.20. The molecule has 0 aromatic rings. The van der Waals surface area contributed by atoms with Crippen molar-refractivity contribution in [1.29, 1.82) is 0 Å². The highest BCUT2D eigenvalue weighted by Crippen LogP contribution is 1.92. The van der Waals surface area contributed by atoms with E-state index in [1.165, 1.54) is 0 Å². The van der Waals surface area contributed by atoms with Gasteiger partial charge in [0.15, 0.2) is 0 Å². The van der Waals surface area contributed by atoms with Crippen molar-refractivity contribution in [1.82, 2.24) is 10.6 Å². The molecule has 0 heterocycles. The second-order valence-corrected chi connectivity index (χ2v) is 3.36. The summed E-state index contributed by atoms with van der Waals surface area (Å²) in [6.45, 7) is 12.1. The van der Waals surface area contributed by atoms with Gasteiger partial charge in [0.2, 0.25) is 5.91 Å². The van der Waals surface area contributed by atoms with Gasteiger partial charge in [0.05, 0.1) is 0 Å². The highest BCUT2D eigenvalue weighted by molar-refractivity contribution is 5.76. The highest BCUT2D eigenvalue weighted by Gasteiger charge is 2.04. The summed E-state index contributed by atoms with van der Waals surface area (Å²) >= 11 is 0. The average Bonchev–Trinajstić information content (AvgIpc) is 2.21. The molecule has 0 aliphatic carbocycles. The van der Waals surface area contributed by atoms with Crippen LogP contribution in [0, 0.1) is 0 Å². The lowest BCUT2D eigenvalue weighted by atomic mass is 10.2. The molecule has 0 aromatic heterocycles. The second kappa shape index (κ2) is 13.4. The Morgan fingerprint density at radius 3 is 2.33 bits per heavy atom. The van der Waals surface area contributed by atoms with Gasteiger partial charge in [-0.05, 0) is 32.9 Å². The fourth-order valence-corrected chi connectivity index (χ4v) is 1.14. The number of hydrogen-bond acceptors (Lipinski definition) is 2. The molecule has 0 rings (SSSR count). The molecule has 1 unspecified atom stereocenters. The van der Waals surface area contributed by atoms with Gasteiger partial charge in [-0.2, -0.15) is 0 Å². The van der Waals surface area contributed by atoms with Gasteiger partial charge in [0.25, 0.3) is 0 Å². The molecule has 0 spiro atoms. The maximum Gasteiger partial charge on any atom is 0.220 e. The van der Waals surface area contributed by atoms with Crippen LogP contribution in [0.5, 0.6) is 0 Å². The maximum atomic E-state index is 11.2. The zero-order chi connectivity index (χ0) is 12.1. The maximum absolute atomic E-state index is 11.2. The number of nitrogens with one attached hydrogen (secondary N) is 2. The molecular formula is C12H28N2O. The van der Waals surface area contributed by atoms with Crippen molar-refractivity contribution in [3.8, 4) is 0 Å². The second-order valence-electron chi connectivity index (χ2n) is 3.36. The summed E-state index contributed by atoms with van der Waals surface area (Å²) in [5.74, 6) is 0.173. The third kappa shape index (κ3) is 13.4. The zero-order valence-electron chi connectivity index (χ0n) is 11.0. The molecule has 3 nitrogen and oxygen atoms in total. The van der Waals surface area contributed by atoms with Crippen LogP contribution in [0.25, 0.3) is 0 Å². The number of carbonyl (C=O) groups is 1. The molecule has 15 heavy (non-hydrogen) atoms. The molecule has 0 fully saturated rings. The van der Waals surface area contributed by atoms with Crippen LogP contribution in [0.3, 0.4) is 0 Å². The number of carbonyl (C=O) groups excluding carboxylic acids is 1. The molecular weight excluding hydrogens is 188 g/mol. The third-order valence-electron chi connectivity index (χ3n) is 1.89. The Morgan fingerprint density at radius 1 is 1.27 bits per heavy atom. The fourth-order valence-electron chi connectivity index (χ4n) is 1.14. The van der Waals surface area contributed by atoms with Crippen LogP contribution in [0.2, 0.25) is 0 Å². The van der Waals surface area contributed by atoms with Crippen molar-refractivity contribution < 1.29 is 4.79 Å². The molecule has 0 saturated heterocycles. The Bertz CT molecular complexity index is 138. The Kier molecular flexibility index (Phi) is 15.1. The van der Waals surface area contributed by atoms with E-state index in [4.69, 9.17) is 0 Å². The minimum Gasteiger partial charge on any atom is -0.354 e. The SMILES string of the molecule is CC.CCCC(=O)NC(C)CCNCC. The molecule has 0 aromatic carbocycles. The molecule has 1 atom stereocenters. The molecule has 3 heteroatoms. The van der Waals surface area contributed by atoms with Crippen molar-refractivity contribution in [2.75, 3.05) is 13.1 Å². The van der Waals surface area contributed by atoms with E-state index in [2.05, 4.69) is 17.6 Å². The minimum atomic E-state index is 0.173. The van der Waals surface area contributed by atoms with E-state index in [0.717, 1.165) is 25.9 Å². The first-order valence-corrected chi connectivity index (χ1v) is 6.20. The molecule has 2 N–H and O–H groups in total. The van der Waals surface area contributed by atoms with Crippen LogP contribution in [0.15, 0.2) is 0 Å². The monoisotopic (exact) mass is 216 g/mol. The van der Waals surface area contributed by atoms with Gasteiger partial charge in [-0.1, -0.05) is 27.7 Å². The zero-order valence-corrected chi connectivity index (χ0v) is 11.0. The Balaban J connectivity index is 0. The van der Waals surface area contributed by atoms with E-state index < -0.39 is 0 Å². The molecule has 0 aliphatic rings. The molecule has 92 valence electrons. The van der Waals surface area contributed by atoms with Gasteiger partial charge in [-0.3, -0.25) is 4.79 Å². The molecule has 0 bridgehead atoms. The summed E-state index contributed by atoms with van der Waals surface area (Å²) in [7, 11) is 0. The van der Waals surface area contributed by atoms with Crippen molar-refractivity contribution in [3.63, 3.8) is 0 Å². The molecule has 0 aliphatic heterocycles. The Hall–Kier alpha value is -0.570. The van der Waals surface area contributed by atoms with E-state index in [1.807, 2.05) is 27.7 Å². The smallest absolute Gasteiger partial charge is 0.220 e. The predicted molar refractivity (Wildman–Crippen MR) is 67.0 cm³/mol. The standard InChI is InChI=1S/C10H22N2O.C2H6/c1-4-6-10(13)12-9(3)7-8-11-5-2;1-2/h9,11H,4-8H2,1-3H3,(H,12,13);1-2H3. The molecule has 0 radical (unpaired) electrons. The lowest BCUT2D eigenvalue weighted by Gasteiger charge is -2.13. The van der Waals surface area contributed by atoms with E-state index in [9.17, 15) is 4.79 Å². The van der Waals surface area contributed by atoms with Gasteiger partial charge in [0.1, 0.15) is 0 Å². The fraction of sp³-hybridized carbons (Fsp3) is 0.917.